The molecule has 0 amide bonds. The summed E-state index contributed by atoms with van der Waals surface area (Å²) in [6, 6.07) is 9.63. The molecule has 2 aliphatic rings. The molecular weight excluding hydrogens is 410 g/mol. The normalized spacial score (nSPS) is 16.6. The zero-order valence-corrected chi connectivity index (χ0v) is 20.5. The maximum absolute atomic E-state index is 12.9. The van der Waals surface area contributed by atoms with E-state index in [-0.39, 0.29) is 5.56 Å². The van der Waals surface area contributed by atoms with E-state index in [9.17, 15) is 4.79 Å². The average Bonchev–Trinajstić information content (AvgIpc) is 2.79. The first-order valence-electron chi connectivity index (χ1n) is 11.9. The number of hydrogen-bond donors (Lipinski definition) is 0. The molecule has 1 fully saturated rings. The first kappa shape index (κ1) is 23.2. The molecule has 33 heavy (non-hydrogen) atoms. The molecule has 5 rings (SSSR count). The van der Waals surface area contributed by atoms with Gasteiger partial charge >= 0.3 is 0 Å². The van der Waals surface area contributed by atoms with Gasteiger partial charge in [0.05, 0.1) is 12.8 Å². The Hall–Kier alpha value is -2.92. The van der Waals surface area contributed by atoms with E-state index in [0.29, 0.717) is 11.3 Å². The molecule has 2 aromatic heterocycles. The Morgan fingerprint density at radius 2 is 1.82 bits per heavy atom. The van der Waals surface area contributed by atoms with Crippen LogP contribution in [0.2, 0.25) is 0 Å². The Morgan fingerprint density at radius 1 is 1.06 bits per heavy atom. The van der Waals surface area contributed by atoms with Crippen molar-refractivity contribution >= 4 is 11.2 Å². The van der Waals surface area contributed by atoms with Crippen LogP contribution < -0.4 is 10.3 Å². The highest BCUT2D eigenvalue weighted by Crippen LogP contribution is 2.27. The summed E-state index contributed by atoms with van der Waals surface area (Å²) in [4.78, 5) is 20.0. The summed E-state index contributed by atoms with van der Waals surface area (Å²) in [6.45, 7) is 8.29. The fourth-order valence-corrected chi connectivity index (χ4v) is 4.32. The third kappa shape index (κ3) is 5.19. The van der Waals surface area contributed by atoms with E-state index in [1.54, 1.807) is 17.6 Å². The van der Waals surface area contributed by atoms with Gasteiger partial charge < -0.3 is 9.64 Å². The molecule has 0 radical (unpaired) electrons. The van der Waals surface area contributed by atoms with Crippen molar-refractivity contribution in [3.05, 3.63) is 69.6 Å². The minimum absolute atomic E-state index is 0.0713. The molecule has 1 aliphatic heterocycles. The van der Waals surface area contributed by atoms with Crippen LogP contribution in [0.4, 0.5) is 0 Å². The molecular formula is C28H35N3O2. The number of likely N-dealkylation sites (N-methyl/N-ethyl adjacent to an activating group) is 1. The number of rotatable bonds is 3. The molecule has 174 valence electrons. The standard InChI is InChI=1S/C23H25N3O2.C5H10/c1-15-5-6-18(12-21(15)28-4)20-13-22(27)26-14-19(11-16(2)23(26)24-20)17-7-9-25(3)10-8-17;1-5-3-2-4-5/h5-7,11-14H,8-10H2,1-4H3;5H,2-4H2,1H3. The van der Waals surface area contributed by atoms with Gasteiger partial charge in [-0.3, -0.25) is 9.20 Å². The van der Waals surface area contributed by atoms with Gasteiger partial charge in [-0.25, -0.2) is 4.98 Å². The van der Waals surface area contributed by atoms with Crippen LogP contribution in [0.1, 0.15) is 49.3 Å². The van der Waals surface area contributed by atoms with Gasteiger partial charge in [-0.15, -0.1) is 0 Å². The SMILES string of the molecule is CC1CCC1.COc1cc(-c2cc(=O)n3cc(C4=CCN(C)CC4)cc(C)c3n2)ccc1C. The molecule has 0 N–H and O–H groups in total. The minimum Gasteiger partial charge on any atom is -0.496 e. The van der Waals surface area contributed by atoms with Crippen LogP contribution in [-0.2, 0) is 0 Å². The first-order valence-corrected chi connectivity index (χ1v) is 11.9. The quantitative estimate of drug-likeness (QED) is 0.533. The zero-order valence-electron chi connectivity index (χ0n) is 20.5. The second-order valence-electron chi connectivity index (χ2n) is 9.55. The summed E-state index contributed by atoms with van der Waals surface area (Å²) in [5.74, 6) is 1.86. The molecule has 0 unspecified atom stereocenters. The lowest BCUT2D eigenvalue weighted by Gasteiger charge is -2.22. The van der Waals surface area contributed by atoms with Gasteiger partial charge in [-0.2, -0.15) is 0 Å². The zero-order chi connectivity index (χ0) is 23.5. The van der Waals surface area contributed by atoms with Crippen molar-refractivity contribution < 1.29 is 4.74 Å². The first-order chi connectivity index (χ1) is 15.9. The maximum atomic E-state index is 12.9. The van der Waals surface area contributed by atoms with E-state index < -0.39 is 0 Å². The van der Waals surface area contributed by atoms with Crippen molar-refractivity contribution in [2.75, 3.05) is 27.2 Å². The number of fused-ring (bicyclic) bond motifs is 1. The van der Waals surface area contributed by atoms with Crippen molar-refractivity contribution in [2.45, 2.75) is 46.5 Å². The number of methoxy groups -OCH3 is 1. The maximum Gasteiger partial charge on any atom is 0.258 e. The van der Waals surface area contributed by atoms with Crippen LogP contribution in [0, 0.1) is 19.8 Å². The number of aromatic nitrogens is 2. The number of aryl methyl sites for hydroxylation is 2. The third-order valence-corrected chi connectivity index (χ3v) is 6.83. The highest BCUT2D eigenvalue weighted by molar-refractivity contribution is 5.70. The van der Waals surface area contributed by atoms with Gasteiger partial charge in [0.15, 0.2) is 0 Å². The lowest BCUT2D eigenvalue weighted by molar-refractivity contribution is 0.346. The number of ether oxygens (including phenoxy) is 1. The second-order valence-corrected chi connectivity index (χ2v) is 9.55. The molecule has 5 nitrogen and oxygen atoms in total. The summed E-state index contributed by atoms with van der Waals surface area (Å²) in [6.07, 6.45) is 9.62. The number of nitrogens with zero attached hydrogens (tertiary/aromatic N) is 3. The van der Waals surface area contributed by atoms with Crippen molar-refractivity contribution in [1.29, 1.82) is 0 Å². The van der Waals surface area contributed by atoms with Crippen LogP contribution >= 0.6 is 0 Å². The fraction of sp³-hybridized carbons (Fsp3) is 0.429. The topological polar surface area (TPSA) is 46.8 Å². The molecule has 0 saturated heterocycles. The Kier molecular flexibility index (Phi) is 6.99. The molecule has 1 aromatic carbocycles. The van der Waals surface area contributed by atoms with Crippen molar-refractivity contribution in [3.63, 3.8) is 0 Å². The van der Waals surface area contributed by atoms with Gasteiger partial charge in [0.1, 0.15) is 11.4 Å². The molecule has 0 bridgehead atoms. The predicted octanol–water partition coefficient (Wildman–Crippen LogP) is 5.51. The molecule has 5 heteroatoms. The lowest BCUT2D eigenvalue weighted by atomic mass is 9.88. The van der Waals surface area contributed by atoms with E-state index in [1.807, 2.05) is 38.2 Å². The van der Waals surface area contributed by atoms with Gasteiger partial charge in [-0.1, -0.05) is 44.4 Å². The lowest BCUT2D eigenvalue weighted by Crippen LogP contribution is -2.24. The van der Waals surface area contributed by atoms with E-state index >= 15 is 0 Å². The Bertz CT molecular complexity index is 1240. The molecule has 0 spiro atoms. The van der Waals surface area contributed by atoms with E-state index in [4.69, 9.17) is 9.72 Å². The number of benzene rings is 1. The van der Waals surface area contributed by atoms with Crippen LogP contribution in [-0.4, -0.2) is 41.5 Å². The summed E-state index contributed by atoms with van der Waals surface area (Å²) in [7, 11) is 3.77. The Morgan fingerprint density at radius 3 is 2.42 bits per heavy atom. The number of hydrogen-bond acceptors (Lipinski definition) is 4. The van der Waals surface area contributed by atoms with Gasteiger partial charge in [0.25, 0.3) is 5.56 Å². The summed E-state index contributed by atoms with van der Waals surface area (Å²) in [5, 5.41) is 0. The Labute approximate surface area is 196 Å². The van der Waals surface area contributed by atoms with Crippen molar-refractivity contribution in [2.24, 2.45) is 5.92 Å². The number of pyridine rings is 1. The third-order valence-electron chi connectivity index (χ3n) is 6.83. The monoisotopic (exact) mass is 445 g/mol. The molecule has 1 aliphatic carbocycles. The van der Waals surface area contributed by atoms with Crippen LogP contribution in [0.5, 0.6) is 5.75 Å². The largest absolute Gasteiger partial charge is 0.496 e. The van der Waals surface area contributed by atoms with Crippen LogP contribution in [0.25, 0.3) is 22.5 Å². The van der Waals surface area contributed by atoms with E-state index in [1.165, 1.54) is 24.8 Å². The Balaban J connectivity index is 0.000000459. The summed E-state index contributed by atoms with van der Waals surface area (Å²) in [5.41, 5.74) is 6.61. The highest BCUT2D eigenvalue weighted by atomic mass is 16.5. The van der Waals surface area contributed by atoms with E-state index in [0.717, 1.165) is 53.4 Å². The van der Waals surface area contributed by atoms with Crippen LogP contribution in [0.3, 0.4) is 0 Å². The van der Waals surface area contributed by atoms with Gasteiger partial charge in [0.2, 0.25) is 0 Å². The van der Waals surface area contributed by atoms with Gasteiger partial charge in [0, 0.05) is 30.9 Å². The van der Waals surface area contributed by atoms with Crippen LogP contribution in [0.15, 0.2) is 47.4 Å². The summed E-state index contributed by atoms with van der Waals surface area (Å²) < 4.78 is 7.08. The summed E-state index contributed by atoms with van der Waals surface area (Å²) >= 11 is 0. The highest BCUT2D eigenvalue weighted by Gasteiger charge is 2.14. The van der Waals surface area contributed by atoms with Crippen molar-refractivity contribution in [3.8, 4) is 17.0 Å². The fourth-order valence-electron chi connectivity index (χ4n) is 4.32. The smallest absolute Gasteiger partial charge is 0.258 e. The molecule has 1 saturated carbocycles. The average molecular weight is 446 g/mol. The molecule has 3 aromatic rings. The second kappa shape index (κ2) is 9.92. The van der Waals surface area contributed by atoms with E-state index in [2.05, 4.69) is 31.0 Å². The van der Waals surface area contributed by atoms with Crippen molar-refractivity contribution in [1.82, 2.24) is 14.3 Å². The molecule has 3 heterocycles. The van der Waals surface area contributed by atoms with Gasteiger partial charge in [-0.05, 0) is 67.6 Å². The predicted molar refractivity (Wildman–Crippen MR) is 136 cm³/mol. The molecule has 0 atom stereocenters. The minimum atomic E-state index is -0.0713.